The van der Waals surface area contributed by atoms with Gasteiger partial charge in [-0.05, 0) is 79.1 Å². The zero-order valence-electron chi connectivity index (χ0n) is 23.0. The van der Waals surface area contributed by atoms with Gasteiger partial charge in [0.25, 0.3) is 5.91 Å². The highest BCUT2D eigenvalue weighted by Crippen LogP contribution is 2.32. The Morgan fingerprint density at radius 3 is 2.75 bits per heavy atom. The first-order chi connectivity index (χ1) is 19.1. The third-order valence-corrected chi connectivity index (χ3v) is 7.47. The van der Waals surface area contributed by atoms with E-state index in [1.165, 1.54) is 28.7 Å². The van der Waals surface area contributed by atoms with Crippen molar-refractivity contribution in [1.29, 1.82) is 0 Å². The number of carbonyl (C=O) groups is 3. The molecule has 7 nitrogen and oxygen atoms in total. The van der Waals surface area contributed by atoms with Gasteiger partial charge in [-0.3, -0.25) is 14.4 Å². The van der Waals surface area contributed by atoms with Crippen LogP contribution in [0.2, 0.25) is 0 Å². The van der Waals surface area contributed by atoms with Gasteiger partial charge in [0.1, 0.15) is 11.9 Å². The first-order valence-corrected chi connectivity index (χ1v) is 13.6. The van der Waals surface area contributed by atoms with Crippen molar-refractivity contribution in [2.45, 2.75) is 57.7 Å². The third kappa shape index (κ3) is 6.93. The number of nitrogens with zero attached hydrogens (tertiary/aromatic N) is 1. The number of β-amino-alcohol motifs (C(OH)–C–C–N with tert-alkyl or cyclic N) is 1. The Kier molecular flexibility index (Phi) is 9.32. The number of aliphatic hydroxyl groups is 1. The Labute approximate surface area is 234 Å². The second-order valence-electron chi connectivity index (χ2n) is 10.4. The lowest BCUT2D eigenvalue weighted by Crippen LogP contribution is -2.49. The van der Waals surface area contributed by atoms with E-state index in [9.17, 15) is 23.9 Å². The maximum atomic E-state index is 13.5. The van der Waals surface area contributed by atoms with E-state index in [4.69, 9.17) is 0 Å². The predicted molar refractivity (Wildman–Crippen MR) is 153 cm³/mol. The monoisotopic (exact) mass is 545 g/mol. The number of likely N-dealkylation sites (tertiary alicyclic amines) is 1. The minimum Gasteiger partial charge on any atom is -0.391 e. The predicted octanol–water partition coefficient (Wildman–Crippen LogP) is 4.23. The fourth-order valence-electron chi connectivity index (χ4n) is 5.24. The van der Waals surface area contributed by atoms with Crippen molar-refractivity contribution in [2.75, 3.05) is 13.1 Å². The van der Waals surface area contributed by atoms with Gasteiger partial charge in [-0.2, -0.15) is 0 Å². The SMILES string of the molecule is C=C(/C=C\c1cc(F)ccc1C)C(=O)NCC(=O)N1C[C@H](O)CC1C(=O)N[C@@H](C)c1ccccc1C1=CCCC1. The Balaban J connectivity index is 1.35. The topological polar surface area (TPSA) is 98.7 Å². The number of allylic oxidation sites excluding steroid dienone is 2. The summed E-state index contributed by atoms with van der Waals surface area (Å²) in [5.41, 5.74) is 4.96. The molecule has 0 radical (unpaired) electrons. The number of hydrogen-bond acceptors (Lipinski definition) is 4. The van der Waals surface area contributed by atoms with Crippen LogP contribution in [-0.2, 0) is 14.4 Å². The average Bonchev–Trinajstić information content (AvgIpc) is 3.62. The lowest BCUT2D eigenvalue weighted by atomic mass is 9.95. The molecule has 0 bridgehead atoms. The van der Waals surface area contributed by atoms with Crippen molar-refractivity contribution >= 4 is 29.4 Å². The molecule has 2 aromatic carbocycles. The average molecular weight is 546 g/mol. The molecule has 3 atom stereocenters. The quantitative estimate of drug-likeness (QED) is 0.325. The van der Waals surface area contributed by atoms with Crippen molar-refractivity contribution in [1.82, 2.24) is 15.5 Å². The first kappa shape index (κ1) is 29.0. The van der Waals surface area contributed by atoms with Crippen LogP contribution in [0.4, 0.5) is 4.39 Å². The molecular formula is C32H36FN3O4. The Bertz CT molecular complexity index is 1370. The maximum absolute atomic E-state index is 13.5. The molecular weight excluding hydrogens is 509 g/mol. The van der Waals surface area contributed by atoms with Crippen LogP contribution in [0, 0.1) is 12.7 Å². The molecule has 3 N–H and O–H groups in total. The lowest BCUT2D eigenvalue weighted by molar-refractivity contribution is -0.138. The molecule has 210 valence electrons. The fourth-order valence-corrected chi connectivity index (χ4v) is 5.24. The highest BCUT2D eigenvalue weighted by molar-refractivity contribution is 5.99. The molecule has 4 rings (SSSR count). The molecule has 2 aromatic rings. The van der Waals surface area contributed by atoms with E-state index in [1.807, 2.05) is 32.0 Å². The minimum atomic E-state index is -0.848. The molecule has 1 fully saturated rings. The fraction of sp³-hybridized carbons (Fsp3) is 0.344. The summed E-state index contributed by atoms with van der Waals surface area (Å²) in [5.74, 6) is -1.78. The summed E-state index contributed by atoms with van der Waals surface area (Å²) in [4.78, 5) is 40.1. The summed E-state index contributed by atoms with van der Waals surface area (Å²) < 4.78 is 13.5. The number of hydrogen-bond donors (Lipinski definition) is 3. The van der Waals surface area contributed by atoms with Gasteiger partial charge in [0, 0.05) is 18.5 Å². The van der Waals surface area contributed by atoms with Crippen LogP contribution in [0.25, 0.3) is 11.6 Å². The van der Waals surface area contributed by atoms with Gasteiger partial charge in [0.15, 0.2) is 0 Å². The molecule has 8 heteroatoms. The number of rotatable bonds is 9. The number of benzene rings is 2. The van der Waals surface area contributed by atoms with Gasteiger partial charge in [-0.1, -0.05) is 49.1 Å². The Morgan fingerprint density at radius 1 is 1.23 bits per heavy atom. The summed E-state index contributed by atoms with van der Waals surface area (Å²) in [7, 11) is 0. The van der Waals surface area contributed by atoms with E-state index >= 15 is 0 Å². The van der Waals surface area contributed by atoms with E-state index in [0.29, 0.717) is 5.56 Å². The normalized spacial score (nSPS) is 19.4. The molecule has 3 amide bonds. The van der Waals surface area contributed by atoms with Crippen molar-refractivity contribution in [3.8, 4) is 0 Å². The largest absolute Gasteiger partial charge is 0.391 e. The van der Waals surface area contributed by atoms with Crippen LogP contribution in [-0.4, -0.2) is 53.0 Å². The van der Waals surface area contributed by atoms with Crippen LogP contribution in [0.15, 0.2) is 66.8 Å². The minimum absolute atomic E-state index is 0.00431. The van der Waals surface area contributed by atoms with Crippen molar-refractivity contribution in [3.05, 3.63) is 94.8 Å². The molecule has 1 heterocycles. The van der Waals surface area contributed by atoms with E-state index in [2.05, 4.69) is 29.4 Å². The molecule has 40 heavy (non-hydrogen) atoms. The Morgan fingerprint density at radius 2 is 2.00 bits per heavy atom. The van der Waals surface area contributed by atoms with Crippen LogP contribution in [0.3, 0.4) is 0 Å². The molecule has 0 saturated carbocycles. The van der Waals surface area contributed by atoms with E-state index in [-0.39, 0.29) is 42.8 Å². The molecule has 2 aliphatic rings. The van der Waals surface area contributed by atoms with Crippen molar-refractivity contribution < 1.29 is 23.9 Å². The van der Waals surface area contributed by atoms with Gasteiger partial charge < -0.3 is 20.6 Å². The Hall–Kier alpha value is -4.04. The molecule has 0 spiro atoms. The highest BCUT2D eigenvalue weighted by atomic mass is 19.1. The smallest absolute Gasteiger partial charge is 0.251 e. The van der Waals surface area contributed by atoms with Gasteiger partial charge in [0.05, 0.1) is 18.7 Å². The van der Waals surface area contributed by atoms with Crippen LogP contribution < -0.4 is 10.6 Å². The third-order valence-electron chi connectivity index (χ3n) is 7.47. The van der Waals surface area contributed by atoms with E-state index in [0.717, 1.165) is 36.0 Å². The summed E-state index contributed by atoms with van der Waals surface area (Å²) in [6.45, 7) is 7.11. The summed E-state index contributed by atoms with van der Waals surface area (Å²) >= 11 is 0. The highest BCUT2D eigenvalue weighted by Gasteiger charge is 2.39. The van der Waals surface area contributed by atoms with Crippen molar-refractivity contribution in [2.24, 2.45) is 0 Å². The first-order valence-electron chi connectivity index (χ1n) is 13.6. The molecule has 1 unspecified atom stereocenters. The number of nitrogens with one attached hydrogen (secondary N) is 2. The second kappa shape index (κ2) is 12.9. The number of halogens is 1. The summed E-state index contributed by atoms with van der Waals surface area (Å²) in [6, 6.07) is 11.2. The molecule has 1 aliphatic heterocycles. The van der Waals surface area contributed by atoms with E-state index < -0.39 is 24.0 Å². The zero-order valence-corrected chi connectivity index (χ0v) is 23.0. The summed E-state index contributed by atoms with van der Waals surface area (Å²) in [5, 5.41) is 15.8. The standard InChI is InChI=1S/C32H36FN3O4/c1-20-13-15-25(33)16-24(20)14-12-21(2)31(39)34-18-30(38)36-19-26(37)17-29(36)32(40)35-22(3)27-10-6-7-11-28(27)23-8-4-5-9-23/h6-8,10-16,22,26,29,37H,2,4-5,9,17-19H2,1,3H3,(H,34,39)(H,35,40)/b14-12-/t22-,26+,29?/m0/s1. The summed E-state index contributed by atoms with van der Waals surface area (Å²) in [6.07, 6.45) is 7.74. The van der Waals surface area contributed by atoms with Gasteiger partial charge in [0.2, 0.25) is 11.8 Å². The van der Waals surface area contributed by atoms with Crippen LogP contribution >= 0.6 is 0 Å². The maximum Gasteiger partial charge on any atom is 0.251 e. The van der Waals surface area contributed by atoms with E-state index in [1.54, 1.807) is 12.1 Å². The number of aryl methyl sites for hydroxylation is 1. The zero-order chi connectivity index (χ0) is 28.8. The number of carbonyl (C=O) groups excluding carboxylic acids is 3. The van der Waals surface area contributed by atoms with Crippen LogP contribution in [0.5, 0.6) is 0 Å². The number of aliphatic hydroxyl groups excluding tert-OH is 1. The van der Waals surface area contributed by atoms with Crippen LogP contribution in [0.1, 0.15) is 60.9 Å². The molecule has 0 aromatic heterocycles. The molecule has 1 aliphatic carbocycles. The molecule has 1 saturated heterocycles. The number of amides is 3. The lowest BCUT2D eigenvalue weighted by Gasteiger charge is -2.26. The van der Waals surface area contributed by atoms with Crippen molar-refractivity contribution in [3.63, 3.8) is 0 Å². The van der Waals surface area contributed by atoms with Gasteiger partial charge in [-0.15, -0.1) is 0 Å². The van der Waals surface area contributed by atoms with Gasteiger partial charge >= 0.3 is 0 Å². The van der Waals surface area contributed by atoms with Gasteiger partial charge in [-0.25, -0.2) is 4.39 Å². The second-order valence-corrected chi connectivity index (χ2v) is 10.4.